The third-order valence-corrected chi connectivity index (χ3v) is 4.76. The molecule has 0 unspecified atom stereocenters. The van der Waals surface area contributed by atoms with Crippen molar-refractivity contribution in [2.24, 2.45) is 11.1 Å². The average Bonchev–Trinajstić information content (AvgIpc) is 2.60. The molecule has 0 aliphatic heterocycles. The van der Waals surface area contributed by atoms with Gasteiger partial charge in [-0.25, -0.2) is 0 Å². The molecule has 0 spiro atoms. The van der Waals surface area contributed by atoms with Crippen LogP contribution in [0.2, 0.25) is 0 Å². The molecular weight excluding hydrogens is 347 g/mol. The summed E-state index contributed by atoms with van der Waals surface area (Å²) >= 11 is 0. The van der Waals surface area contributed by atoms with Crippen LogP contribution < -0.4 is 16.4 Å². The van der Waals surface area contributed by atoms with Crippen LogP contribution in [0.15, 0.2) is 24.3 Å². The van der Waals surface area contributed by atoms with Gasteiger partial charge in [0.1, 0.15) is 6.54 Å². The fourth-order valence-corrected chi connectivity index (χ4v) is 3.29. The molecule has 1 aromatic rings. The number of alkyl halides is 3. The van der Waals surface area contributed by atoms with E-state index in [2.05, 4.69) is 5.32 Å². The predicted octanol–water partition coefficient (Wildman–Crippen LogP) is 3.22. The molecule has 1 aliphatic carbocycles. The van der Waals surface area contributed by atoms with Crippen molar-refractivity contribution in [2.75, 3.05) is 18.4 Å². The van der Waals surface area contributed by atoms with Gasteiger partial charge in [0.15, 0.2) is 0 Å². The highest BCUT2D eigenvalue weighted by molar-refractivity contribution is 5.95. The van der Waals surface area contributed by atoms with Crippen LogP contribution >= 0.6 is 0 Å². The highest BCUT2D eigenvalue weighted by atomic mass is 19.4. The zero-order valence-electron chi connectivity index (χ0n) is 14.5. The topological polar surface area (TPSA) is 84.2 Å². The van der Waals surface area contributed by atoms with E-state index in [9.17, 15) is 22.8 Å². The Balaban J connectivity index is 1.90. The number of anilines is 1. The molecule has 1 aromatic carbocycles. The van der Waals surface area contributed by atoms with Crippen LogP contribution in [0.3, 0.4) is 0 Å². The Morgan fingerprint density at radius 3 is 2.23 bits per heavy atom. The summed E-state index contributed by atoms with van der Waals surface area (Å²) in [5.41, 5.74) is 6.32. The Hall–Kier alpha value is -2.09. The molecule has 0 aromatic heterocycles. The van der Waals surface area contributed by atoms with Crippen molar-refractivity contribution in [3.05, 3.63) is 29.8 Å². The molecule has 0 heterocycles. The number of halogens is 3. The van der Waals surface area contributed by atoms with Crippen LogP contribution in [0.1, 0.15) is 48.9 Å². The summed E-state index contributed by atoms with van der Waals surface area (Å²) < 4.78 is 36.4. The number of carbonyl (C=O) groups is 2. The monoisotopic (exact) mass is 371 g/mol. The summed E-state index contributed by atoms with van der Waals surface area (Å²) in [4.78, 5) is 24.0. The van der Waals surface area contributed by atoms with Crippen LogP contribution in [0.4, 0.5) is 18.9 Å². The lowest BCUT2D eigenvalue weighted by Gasteiger charge is -2.35. The number of nitrogens with one attached hydrogen (secondary N) is 2. The SMILES string of the molecule is NCC1(CC(=O)Nc2ccc(C(=O)NCC(F)(F)F)cc2)CCCCC1. The highest BCUT2D eigenvalue weighted by Gasteiger charge is 2.33. The molecule has 0 atom stereocenters. The number of hydrogen-bond donors (Lipinski definition) is 3. The van der Waals surface area contributed by atoms with Crippen molar-refractivity contribution in [2.45, 2.75) is 44.7 Å². The normalized spacial score (nSPS) is 16.8. The minimum Gasteiger partial charge on any atom is -0.343 e. The largest absolute Gasteiger partial charge is 0.405 e. The van der Waals surface area contributed by atoms with E-state index in [0.717, 1.165) is 25.7 Å². The van der Waals surface area contributed by atoms with E-state index < -0.39 is 18.6 Å². The van der Waals surface area contributed by atoms with E-state index >= 15 is 0 Å². The summed E-state index contributed by atoms with van der Waals surface area (Å²) in [6, 6.07) is 5.74. The van der Waals surface area contributed by atoms with Crippen molar-refractivity contribution in [1.29, 1.82) is 0 Å². The minimum atomic E-state index is -4.46. The van der Waals surface area contributed by atoms with Gasteiger partial charge in [0.2, 0.25) is 5.91 Å². The zero-order chi connectivity index (χ0) is 19.2. The summed E-state index contributed by atoms with van der Waals surface area (Å²) in [7, 11) is 0. The van der Waals surface area contributed by atoms with Crippen molar-refractivity contribution in [3.63, 3.8) is 0 Å². The average molecular weight is 371 g/mol. The summed E-state index contributed by atoms with van der Waals surface area (Å²) in [5, 5.41) is 4.57. The highest BCUT2D eigenvalue weighted by Crippen LogP contribution is 2.38. The van der Waals surface area contributed by atoms with E-state index in [1.807, 2.05) is 0 Å². The molecule has 0 bridgehead atoms. The van der Waals surface area contributed by atoms with Gasteiger partial charge < -0.3 is 16.4 Å². The molecular formula is C18H24F3N3O2. The Kier molecular flexibility index (Phi) is 6.63. The van der Waals surface area contributed by atoms with Gasteiger partial charge in [0.05, 0.1) is 0 Å². The van der Waals surface area contributed by atoms with Crippen molar-refractivity contribution >= 4 is 17.5 Å². The Morgan fingerprint density at radius 1 is 1.08 bits per heavy atom. The zero-order valence-corrected chi connectivity index (χ0v) is 14.5. The number of benzene rings is 1. The van der Waals surface area contributed by atoms with Gasteiger partial charge >= 0.3 is 6.18 Å². The number of amides is 2. The van der Waals surface area contributed by atoms with Crippen molar-refractivity contribution < 1.29 is 22.8 Å². The molecule has 1 saturated carbocycles. The second kappa shape index (κ2) is 8.53. The van der Waals surface area contributed by atoms with Gasteiger partial charge in [0.25, 0.3) is 5.91 Å². The fraction of sp³-hybridized carbons (Fsp3) is 0.556. The molecule has 0 saturated heterocycles. The maximum absolute atomic E-state index is 12.3. The van der Waals surface area contributed by atoms with Crippen LogP contribution in [-0.2, 0) is 4.79 Å². The molecule has 8 heteroatoms. The van der Waals surface area contributed by atoms with E-state index in [0.29, 0.717) is 18.7 Å². The third kappa shape index (κ3) is 6.01. The first-order valence-electron chi connectivity index (χ1n) is 8.68. The lowest BCUT2D eigenvalue weighted by Crippen LogP contribution is -2.36. The van der Waals surface area contributed by atoms with E-state index in [1.54, 1.807) is 5.32 Å². The quantitative estimate of drug-likeness (QED) is 0.718. The second-order valence-corrected chi connectivity index (χ2v) is 6.86. The van der Waals surface area contributed by atoms with Crippen LogP contribution in [0.25, 0.3) is 0 Å². The molecule has 2 rings (SSSR count). The number of nitrogens with two attached hydrogens (primary N) is 1. The molecule has 2 amide bonds. The number of rotatable bonds is 6. The Labute approximate surface area is 150 Å². The van der Waals surface area contributed by atoms with Gasteiger partial charge in [-0.15, -0.1) is 0 Å². The maximum atomic E-state index is 12.3. The van der Waals surface area contributed by atoms with Crippen molar-refractivity contribution in [1.82, 2.24) is 5.32 Å². The molecule has 1 aliphatic rings. The molecule has 144 valence electrons. The summed E-state index contributed by atoms with van der Waals surface area (Å²) in [6.07, 6.45) is 1.09. The predicted molar refractivity (Wildman–Crippen MR) is 92.6 cm³/mol. The first-order valence-corrected chi connectivity index (χ1v) is 8.68. The smallest absolute Gasteiger partial charge is 0.343 e. The standard InChI is InChI=1S/C18H24F3N3O2/c19-18(20,21)12-23-16(26)13-4-6-14(7-5-13)24-15(25)10-17(11-22)8-2-1-3-9-17/h4-7H,1-3,8-12,22H2,(H,23,26)(H,24,25). The van der Waals surface area contributed by atoms with Crippen molar-refractivity contribution in [3.8, 4) is 0 Å². The lowest BCUT2D eigenvalue weighted by molar-refractivity contribution is -0.123. The fourth-order valence-electron chi connectivity index (χ4n) is 3.29. The van der Waals surface area contributed by atoms with Crippen LogP contribution in [-0.4, -0.2) is 31.1 Å². The summed E-state index contributed by atoms with van der Waals surface area (Å²) in [6.45, 7) is -0.912. The van der Waals surface area contributed by atoms with E-state index in [4.69, 9.17) is 5.73 Å². The molecule has 26 heavy (non-hydrogen) atoms. The van der Waals surface area contributed by atoms with Gasteiger partial charge in [-0.05, 0) is 49.1 Å². The first kappa shape index (κ1) is 20.2. The third-order valence-electron chi connectivity index (χ3n) is 4.76. The van der Waals surface area contributed by atoms with Crippen LogP contribution in [0, 0.1) is 5.41 Å². The summed E-state index contributed by atoms with van der Waals surface area (Å²) in [5.74, 6) is -0.962. The second-order valence-electron chi connectivity index (χ2n) is 6.86. The first-order chi connectivity index (χ1) is 12.2. The van der Waals surface area contributed by atoms with Gasteiger partial charge in [-0.3, -0.25) is 9.59 Å². The molecule has 5 nitrogen and oxygen atoms in total. The van der Waals surface area contributed by atoms with E-state index in [-0.39, 0.29) is 16.9 Å². The van der Waals surface area contributed by atoms with Crippen LogP contribution in [0.5, 0.6) is 0 Å². The van der Waals surface area contributed by atoms with Gasteiger partial charge in [-0.1, -0.05) is 19.3 Å². The Bertz CT molecular complexity index is 624. The molecule has 4 N–H and O–H groups in total. The van der Waals surface area contributed by atoms with Gasteiger partial charge in [-0.2, -0.15) is 13.2 Å². The van der Waals surface area contributed by atoms with Gasteiger partial charge in [0, 0.05) is 17.7 Å². The lowest BCUT2D eigenvalue weighted by atomic mass is 9.71. The minimum absolute atomic E-state index is 0.0953. The maximum Gasteiger partial charge on any atom is 0.405 e. The molecule has 1 fully saturated rings. The molecule has 0 radical (unpaired) electrons. The number of carbonyl (C=O) groups excluding carboxylic acids is 2. The Morgan fingerprint density at radius 2 is 1.69 bits per heavy atom. The van der Waals surface area contributed by atoms with E-state index in [1.165, 1.54) is 30.7 Å². The number of hydrogen-bond acceptors (Lipinski definition) is 3.